The van der Waals surface area contributed by atoms with Crippen LogP contribution in [0.4, 0.5) is 5.82 Å². The molecule has 182 valence electrons. The number of aromatic nitrogens is 4. The van der Waals surface area contributed by atoms with E-state index in [1.165, 1.54) is 7.11 Å². The Labute approximate surface area is 208 Å². The molecule has 3 heterocycles. The number of hydrogen-bond acceptors (Lipinski definition) is 7. The number of hydrogen-bond donors (Lipinski definition) is 1. The van der Waals surface area contributed by atoms with Crippen molar-refractivity contribution in [1.82, 2.24) is 19.9 Å². The summed E-state index contributed by atoms with van der Waals surface area (Å²) in [5, 5.41) is 0.364. The van der Waals surface area contributed by atoms with Crippen molar-refractivity contribution in [1.29, 1.82) is 0 Å². The first kappa shape index (κ1) is 25.8. The zero-order chi connectivity index (χ0) is 25.2. The van der Waals surface area contributed by atoms with Gasteiger partial charge in [0.05, 0.1) is 7.11 Å². The Hall–Kier alpha value is -3.85. The molecule has 1 N–H and O–H groups in total. The zero-order valence-electron chi connectivity index (χ0n) is 20.5. The van der Waals surface area contributed by atoms with Crippen molar-refractivity contribution < 1.29 is 13.7 Å². The standard InChI is InChI=1S/C24H23N5O3S.C2H6/c1-4-17-7-5-6-8-19(17)32-21-23(29-33(30)20-10-9-16(2)15-26-20)27-22(28-24(21)31-3)18-11-13-25-14-12-18;1-2/h5-15H,4H2,1-3H3,(H,27,28,29);1-2H3. The van der Waals surface area contributed by atoms with Crippen LogP contribution in [0.15, 0.2) is 72.1 Å². The van der Waals surface area contributed by atoms with Gasteiger partial charge in [0.1, 0.15) is 10.8 Å². The summed E-state index contributed by atoms with van der Waals surface area (Å²) in [6.45, 7) is 7.96. The molecule has 35 heavy (non-hydrogen) atoms. The largest absolute Gasteiger partial charge is 0.478 e. The normalized spacial score (nSPS) is 11.1. The highest BCUT2D eigenvalue weighted by Crippen LogP contribution is 2.39. The third-order valence-electron chi connectivity index (χ3n) is 4.80. The summed E-state index contributed by atoms with van der Waals surface area (Å²) in [4.78, 5) is 17.4. The summed E-state index contributed by atoms with van der Waals surface area (Å²) in [7, 11) is -0.193. The van der Waals surface area contributed by atoms with Crippen LogP contribution < -0.4 is 14.2 Å². The first-order chi connectivity index (χ1) is 17.1. The molecule has 0 aliphatic heterocycles. The van der Waals surface area contributed by atoms with Gasteiger partial charge in [-0.2, -0.15) is 4.98 Å². The molecule has 0 radical (unpaired) electrons. The molecular formula is C26H29N5O3S. The van der Waals surface area contributed by atoms with Crippen LogP contribution >= 0.6 is 0 Å². The third-order valence-corrected chi connectivity index (χ3v) is 5.80. The van der Waals surface area contributed by atoms with Gasteiger partial charge in [-0.15, -0.1) is 0 Å². The summed E-state index contributed by atoms with van der Waals surface area (Å²) in [5.41, 5.74) is 2.70. The molecule has 0 fully saturated rings. The predicted octanol–water partition coefficient (Wildman–Crippen LogP) is 5.77. The Kier molecular flexibility index (Phi) is 9.25. The lowest BCUT2D eigenvalue weighted by Gasteiger charge is -2.17. The van der Waals surface area contributed by atoms with Gasteiger partial charge in [-0.1, -0.05) is 45.0 Å². The van der Waals surface area contributed by atoms with Gasteiger partial charge in [0.2, 0.25) is 5.75 Å². The molecule has 0 bridgehead atoms. The average Bonchev–Trinajstić information content (AvgIpc) is 2.91. The number of pyridine rings is 2. The molecule has 0 saturated heterocycles. The van der Waals surface area contributed by atoms with E-state index in [-0.39, 0.29) is 17.4 Å². The minimum Gasteiger partial charge on any atom is -0.478 e. The van der Waals surface area contributed by atoms with Gasteiger partial charge in [-0.05, 0) is 48.7 Å². The van der Waals surface area contributed by atoms with Crippen molar-refractivity contribution in [3.05, 3.63) is 78.2 Å². The topological polar surface area (TPSA) is 99.1 Å². The van der Waals surface area contributed by atoms with Crippen LogP contribution in [0.5, 0.6) is 17.4 Å². The smallest absolute Gasteiger partial charge is 0.263 e. The monoisotopic (exact) mass is 491 g/mol. The molecule has 8 nitrogen and oxygen atoms in total. The second kappa shape index (κ2) is 12.6. The van der Waals surface area contributed by atoms with Crippen LogP contribution in [-0.2, 0) is 17.4 Å². The highest BCUT2D eigenvalue weighted by atomic mass is 32.2. The van der Waals surface area contributed by atoms with Crippen LogP contribution in [0.3, 0.4) is 0 Å². The number of aryl methyl sites for hydroxylation is 2. The number of methoxy groups -OCH3 is 1. The van der Waals surface area contributed by atoms with Crippen molar-refractivity contribution >= 4 is 16.8 Å². The van der Waals surface area contributed by atoms with E-state index >= 15 is 0 Å². The molecule has 1 unspecified atom stereocenters. The van der Waals surface area contributed by atoms with E-state index in [9.17, 15) is 4.21 Å². The number of nitrogens with zero attached hydrogens (tertiary/aromatic N) is 4. The Balaban J connectivity index is 0.00000167. The number of benzene rings is 1. The molecule has 1 atom stereocenters. The van der Waals surface area contributed by atoms with E-state index in [1.54, 1.807) is 36.8 Å². The summed E-state index contributed by atoms with van der Waals surface area (Å²) < 4.78 is 27.8. The molecule has 0 saturated carbocycles. The molecule has 0 aliphatic carbocycles. The molecule has 3 aromatic heterocycles. The first-order valence-corrected chi connectivity index (χ1v) is 12.5. The molecule has 0 spiro atoms. The van der Waals surface area contributed by atoms with E-state index in [0.29, 0.717) is 16.6 Å². The summed E-state index contributed by atoms with van der Waals surface area (Å²) in [6, 6.07) is 14.8. The highest BCUT2D eigenvalue weighted by molar-refractivity contribution is 7.86. The number of anilines is 1. The number of rotatable bonds is 8. The molecule has 4 rings (SSSR count). The van der Waals surface area contributed by atoms with Gasteiger partial charge in [-0.25, -0.2) is 14.2 Å². The molecule has 4 aromatic rings. The quantitative estimate of drug-likeness (QED) is 0.334. The van der Waals surface area contributed by atoms with Crippen molar-refractivity contribution in [2.75, 3.05) is 11.8 Å². The Morgan fingerprint density at radius 2 is 1.74 bits per heavy atom. The maximum absolute atomic E-state index is 13.1. The lowest BCUT2D eigenvalue weighted by molar-refractivity contribution is 0.363. The summed E-state index contributed by atoms with van der Waals surface area (Å²) in [6.07, 6.45) is 5.73. The van der Waals surface area contributed by atoms with Crippen LogP contribution in [0.1, 0.15) is 31.9 Å². The lowest BCUT2D eigenvalue weighted by Crippen LogP contribution is -2.11. The van der Waals surface area contributed by atoms with E-state index in [0.717, 1.165) is 23.1 Å². The van der Waals surface area contributed by atoms with E-state index in [1.807, 2.05) is 58.0 Å². The minimum atomic E-state index is -1.69. The van der Waals surface area contributed by atoms with Crippen LogP contribution in [0, 0.1) is 6.92 Å². The van der Waals surface area contributed by atoms with Gasteiger partial charge in [0.25, 0.3) is 5.88 Å². The lowest BCUT2D eigenvalue weighted by atomic mass is 10.1. The number of para-hydroxylation sites is 1. The van der Waals surface area contributed by atoms with E-state index < -0.39 is 11.0 Å². The zero-order valence-corrected chi connectivity index (χ0v) is 21.3. The molecule has 9 heteroatoms. The van der Waals surface area contributed by atoms with E-state index in [4.69, 9.17) is 9.47 Å². The highest BCUT2D eigenvalue weighted by Gasteiger charge is 2.22. The fraction of sp³-hybridized carbons (Fsp3) is 0.231. The maximum atomic E-state index is 13.1. The van der Waals surface area contributed by atoms with Gasteiger partial charge in [0.15, 0.2) is 22.6 Å². The summed E-state index contributed by atoms with van der Waals surface area (Å²) >= 11 is 0. The van der Waals surface area contributed by atoms with Crippen molar-refractivity contribution in [2.45, 2.75) is 39.1 Å². The second-order valence-corrected chi connectivity index (χ2v) is 8.24. The van der Waals surface area contributed by atoms with E-state index in [2.05, 4.69) is 24.7 Å². The Morgan fingerprint density at radius 3 is 2.40 bits per heavy atom. The van der Waals surface area contributed by atoms with Gasteiger partial charge < -0.3 is 9.47 Å². The average molecular weight is 492 g/mol. The fourth-order valence-corrected chi connectivity index (χ4v) is 3.83. The van der Waals surface area contributed by atoms with Crippen molar-refractivity contribution in [2.24, 2.45) is 0 Å². The molecular weight excluding hydrogens is 462 g/mol. The fourth-order valence-electron chi connectivity index (χ4n) is 3.07. The van der Waals surface area contributed by atoms with Gasteiger partial charge in [-0.3, -0.25) is 9.71 Å². The first-order valence-electron chi connectivity index (χ1n) is 11.3. The van der Waals surface area contributed by atoms with Gasteiger partial charge in [0, 0.05) is 24.2 Å². The van der Waals surface area contributed by atoms with Crippen LogP contribution in [-0.4, -0.2) is 31.3 Å². The van der Waals surface area contributed by atoms with Crippen molar-refractivity contribution in [3.8, 4) is 28.8 Å². The maximum Gasteiger partial charge on any atom is 0.263 e. The SMILES string of the molecule is CC.CCc1ccccc1Oc1c(NS(=O)c2ccc(C)cn2)nc(-c2ccncc2)nc1OC. The summed E-state index contributed by atoms with van der Waals surface area (Å²) in [5.74, 6) is 1.68. The number of nitrogens with one attached hydrogen (secondary N) is 1. The molecule has 0 amide bonds. The van der Waals surface area contributed by atoms with Gasteiger partial charge >= 0.3 is 0 Å². The molecule has 1 aromatic carbocycles. The predicted molar refractivity (Wildman–Crippen MR) is 138 cm³/mol. The van der Waals surface area contributed by atoms with Crippen LogP contribution in [0.25, 0.3) is 11.4 Å². The second-order valence-electron chi connectivity index (χ2n) is 7.08. The Bertz CT molecular complexity index is 1270. The minimum absolute atomic E-state index is 0.207. The Morgan fingerprint density at radius 1 is 1.00 bits per heavy atom. The van der Waals surface area contributed by atoms with Crippen molar-refractivity contribution in [3.63, 3.8) is 0 Å². The van der Waals surface area contributed by atoms with Crippen LogP contribution in [0.2, 0.25) is 0 Å². The third kappa shape index (κ3) is 6.39. The molecule has 0 aliphatic rings. The number of ether oxygens (including phenoxy) is 2.